The minimum absolute atomic E-state index is 0.390. The van der Waals surface area contributed by atoms with Crippen LogP contribution < -0.4 is 0 Å². The SMILES string of the molecule is COC[C@H]1CCCN1/N=C(/c1ccccc1)[C@H](C)SC. The largest absolute Gasteiger partial charge is 0.382 e. The molecule has 1 heterocycles. The predicted molar refractivity (Wildman–Crippen MR) is 87.6 cm³/mol. The number of benzene rings is 1. The number of ether oxygens (including phenoxy) is 1. The van der Waals surface area contributed by atoms with E-state index in [1.807, 2.05) is 11.8 Å². The molecule has 0 unspecified atom stereocenters. The van der Waals surface area contributed by atoms with Crippen molar-refractivity contribution in [3.63, 3.8) is 0 Å². The van der Waals surface area contributed by atoms with Crippen molar-refractivity contribution in [1.82, 2.24) is 5.01 Å². The summed E-state index contributed by atoms with van der Waals surface area (Å²) in [5.74, 6) is 0. The van der Waals surface area contributed by atoms with Crippen molar-refractivity contribution in [3.05, 3.63) is 35.9 Å². The lowest BCUT2D eigenvalue weighted by molar-refractivity contribution is 0.118. The van der Waals surface area contributed by atoms with Crippen molar-refractivity contribution < 1.29 is 4.74 Å². The Morgan fingerprint density at radius 2 is 2.20 bits per heavy atom. The summed E-state index contributed by atoms with van der Waals surface area (Å²) in [6.45, 7) is 4.02. The topological polar surface area (TPSA) is 24.8 Å². The van der Waals surface area contributed by atoms with E-state index in [1.54, 1.807) is 7.11 Å². The minimum atomic E-state index is 0.390. The van der Waals surface area contributed by atoms with Crippen molar-refractivity contribution in [3.8, 4) is 0 Å². The van der Waals surface area contributed by atoms with Gasteiger partial charge in [0.1, 0.15) is 0 Å². The summed E-state index contributed by atoms with van der Waals surface area (Å²) in [5, 5.41) is 7.58. The van der Waals surface area contributed by atoms with Gasteiger partial charge in [-0.25, -0.2) is 0 Å². The number of methoxy groups -OCH3 is 1. The average Bonchev–Trinajstić information content (AvgIpc) is 2.92. The van der Waals surface area contributed by atoms with Gasteiger partial charge >= 0.3 is 0 Å². The Bertz CT molecular complexity index is 435. The monoisotopic (exact) mass is 292 g/mol. The third kappa shape index (κ3) is 3.76. The minimum Gasteiger partial charge on any atom is -0.382 e. The molecule has 1 aliphatic heterocycles. The number of hydrogen-bond acceptors (Lipinski definition) is 4. The number of hydrazone groups is 1. The van der Waals surface area contributed by atoms with E-state index in [0.717, 1.165) is 13.2 Å². The molecule has 1 aromatic rings. The van der Waals surface area contributed by atoms with E-state index >= 15 is 0 Å². The molecule has 0 N–H and O–H groups in total. The zero-order valence-electron chi connectivity index (χ0n) is 12.6. The number of nitrogens with zero attached hydrogens (tertiary/aromatic N) is 2. The second-order valence-corrected chi connectivity index (χ2v) is 6.32. The highest BCUT2D eigenvalue weighted by Crippen LogP contribution is 2.21. The van der Waals surface area contributed by atoms with Gasteiger partial charge in [-0.2, -0.15) is 16.9 Å². The fraction of sp³-hybridized carbons (Fsp3) is 0.562. The molecule has 2 atom stereocenters. The van der Waals surface area contributed by atoms with Gasteiger partial charge in [0.25, 0.3) is 0 Å². The van der Waals surface area contributed by atoms with Gasteiger partial charge in [-0.1, -0.05) is 30.3 Å². The molecule has 20 heavy (non-hydrogen) atoms. The fourth-order valence-electron chi connectivity index (χ4n) is 2.55. The summed E-state index contributed by atoms with van der Waals surface area (Å²) < 4.78 is 5.31. The van der Waals surface area contributed by atoms with Gasteiger partial charge in [0.05, 0.1) is 18.4 Å². The van der Waals surface area contributed by atoms with Crippen LogP contribution in [0.3, 0.4) is 0 Å². The van der Waals surface area contributed by atoms with Crippen LogP contribution in [0, 0.1) is 0 Å². The smallest absolute Gasteiger partial charge is 0.0804 e. The highest BCUT2D eigenvalue weighted by molar-refractivity contribution is 7.99. The summed E-state index contributed by atoms with van der Waals surface area (Å²) >= 11 is 1.84. The van der Waals surface area contributed by atoms with E-state index in [-0.39, 0.29) is 0 Å². The van der Waals surface area contributed by atoms with E-state index in [1.165, 1.54) is 24.1 Å². The van der Waals surface area contributed by atoms with Crippen LogP contribution in [0.4, 0.5) is 0 Å². The first-order valence-corrected chi connectivity index (χ1v) is 8.47. The molecule has 0 aromatic heterocycles. The van der Waals surface area contributed by atoms with E-state index in [2.05, 4.69) is 48.5 Å². The Labute approximate surface area is 126 Å². The molecule has 2 rings (SSSR count). The van der Waals surface area contributed by atoms with Crippen LogP contribution in [0.1, 0.15) is 25.3 Å². The number of hydrogen-bond donors (Lipinski definition) is 0. The van der Waals surface area contributed by atoms with Gasteiger partial charge in [0.15, 0.2) is 0 Å². The lowest BCUT2D eigenvalue weighted by Crippen LogP contribution is -2.31. The molecule has 1 aromatic carbocycles. The van der Waals surface area contributed by atoms with Crippen LogP contribution in [0.2, 0.25) is 0 Å². The normalized spacial score (nSPS) is 21.2. The highest BCUT2D eigenvalue weighted by atomic mass is 32.2. The van der Waals surface area contributed by atoms with E-state index in [0.29, 0.717) is 11.3 Å². The summed E-state index contributed by atoms with van der Waals surface area (Å²) in [4.78, 5) is 0. The van der Waals surface area contributed by atoms with Crippen molar-refractivity contribution >= 4 is 17.5 Å². The molecule has 0 bridgehead atoms. The molecule has 1 fully saturated rings. The highest BCUT2D eigenvalue weighted by Gasteiger charge is 2.24. The second-order valence-electron chi connectivity index (χ2n) is 5.14. The zero-order valence-corrected chi connectivity index (χ0v) is 13.4. The van der Waals surface area contributed by atoms with E-state index in [9.17, 15) is 0 Å². The zero-order chi connectivity index (χ0) is 14.4. The maximum absolute atomic E-state index is 5.31. The van der Waals surface area contributed by atoms with Crippen molar-refractivity contribution in [2.75, 3.05) is 26.5 Å². The van der Waals surface area contributed by atoms with Crippen LogP contribution in [-0.4, -0.2) is 48.5 Å². The molecule has 4 heteroatoms. The lowest BCUT2D eigenvalue weighted by atomic mass is 10.1. The maximum atomic E-state index is 5.31. The predicted octanol–water partition coefficient (Wildman–Crippen LogP) is 3.25. The molecule has 110 valence electrons. The van der Waals surface area contributed by atoms with E-state index < -0.39 is 0 Å². The van der Waals surface area contributed by atoms with Crippen LogP contribution in [0.25, 0.3) is 0 Å². The molecule has 3 nitrogen and oxygen atoms in total. The van der Waals surface area contributed by atoms with Crippen LogP contribution >= 0.6 is 11.8 Å². The Kier molecular flexibility index (Phi) is 5.92. The quantitative estimate of drug-likeness (QED) is 0.752. The first kappa shape index (κ1) is 15.4. The molecule has 0 spiro atoms. The molecular formula is C16H24N2OS. The molecule has 0 amide bonds. The third-order valence-corrected chi connectivity index (χ3v) is 4.68. The third-order valence-electron chi connectivity index (χ3n) is 3.75. The Hall–Kier alpha value is -1.00. The van der Waals surface area contributed by atoms with Crippen molar-refractivity contribution in [1.29, 1.82) is 0 Å². The average molecular weight is 292 g/mol. The Morgan fingerprint density at radius 1 is 1.45 bits per heavy atom. The van der Waals surface area contributed by atoms with Gasteiger partial charge in [-0.05, 0) is 31.6 Å². The van der Waals surface area contributed by atoms with Gasteiger partial charge in [0.2, 0.25) is 0 Å². The summed E-state index contributed by atoms with van der Waals surface area (Å²) in [7, 11) is 1.77. The molecule has 0 aliphatic carbocycles. The lowest BCUT2D eigenvalue weighted by Gasteiger charge is -2.24. The summed E-state index contributed by atoms with van der Waals surface area (Å²) in [6.07, 6.45) is 4.51. The molecule has 0 saturated carbocycles. The second kappa shape index (κ2) is 7.70. The van der Waals surface area contributed by atoms with Gasteiger partial charge < -0.3 is 4.74 Å². The van der Waals surface area contributed by atoms with Gasteiger partial charge in [0, 0.05) is 18.9 Å². The molecule has 1 saturated heterocycles. The van der Waals surface area contributed by atoms with Crippen molar-refractivity contribution in [2.45, 2.75) is 31.1 Å². The Balaban J connectivity index is 2.24. The molecule has 0 radical (unpaired) electrons. The van der Waals surface area contributed by atoms with Crippen molar-refractivity contribution in [2.24, 2.45) is 5.10 Å². The first-order chi connectivity index (χ1) is 9.76. The maximum Gasteiger partial charge on any atom is 0.0804 e. The standard InChI is InChI=1S/C16H24N2OS/c1-13(20-3)16(14-8-5-4-6-9-14)17-18-11-7-10-15(18)12-19-2/h4-6,8-9,13,15H,7,10-12H2,1-3H3/b17-16+/t13-,15+/m0/s1. The van der Waals surface area contributed by atoms with Crippen LogP contribution in [0.5, 0.6) is 0 Å². The fourth-order valence-corrected chi connectivity index (χ4v) is 2.95. The molecular weight excluding hydrogens is 268 g/mol. The summed E-state index contributed by atoms with van der Waals surface area (Å²) in [5.41, 5.74) is 2.39. The van der Waals surface area contributed by atoms with Gasteiger partial charge in [-0.3, -0.25) is 5.01 Å². The van der Waals surface area contributed by atoms with Crippen LogP contribution in [-0.2, 0) is 4.74 Å². The van der Waals surface area contributed by atoms with Gasteiger partial charge in [-0.15, -0.1) is 0 Å². The summed E-state index contributed by atoms with van der Waals surface area (Å²) in [6, 6.07) is 10.9. The number of rotatable bonds is 6. The van der Waals surface area contributed by atoms with Crippen LogP contribution in [0.15, 0.2) is 35.4 Å². The molecule has 1 aliphatic rings. The Morgan fingerprint density at radius 3 is 2.85 bits per heavy atom. The first-order valence-electron chi connectivity index (χ1n) is 7.18. The van der Waals surface area contributed by atoms with E-state index in [4.69, 9.17) is 9.84 Å². The number of thioether (sulfide) groups is 1.